The second-order valence-corrected chi connectivity index (χ2v) is 3.73. The van der Waals surface area contributed by atoms with Crippen molar-refractivity contribution >= 4 is 11.5 Å². The number of Topliss-reactive ketones (excluding diaryl/α,β-unsaturated/α-hetero) is 1. The summed E-state index contributed by atoms with van der Waals surface area (Å²) >= 11 is 0. The summed E-state index contributed by atoms with van der Waals surface area (Å²) in [5, 5.41) is 9.33. The summed E-state index contributed by atoms with van der Waals surface area (Å²) in [7, 11) is 0. The number of carbonyl (C=O) groups is 1. The molecule has 78 valence electrons. The number of carbonyl (C=O) groups excluding carboxylic acids is 1. The van der Waals surface area contributed by atoms with Gasteiger partial charge in [0.15, 0.2) is 0 Å². The molecule has 0 aromatic heterocycles. The number of ketones is 1. The largest absolute Gasteiger partial charge is 0.398 e. The zero-order valence-electron chi connectivity index (χ0n) is 8.74. The second kappa shape index (κ2) is 4.16. The molecule has 0 saturated carbocycles. The van der Waals surface area contributed by atoms with Crippen molar-refractivity contribution in [2.24, 2.45) is 0 Å². The molecule has 0 fully saturated rings. The molecule has 0 heterocycles. The van der Waals surface area contributed by atoms with Gasteiger partial charge in [0.1, 0.15) is 5.60 Å². The van der Waals surface area contributed by atoms with Crippen LogP contribution in [0.2, 0.25) is 0 Å². The van der Waals surface area contributed by atoms with E-state index < -0.39 is 5.60 Å². The Balaban J connectivity index is 2.96. The van der Waals surface area contributed by atoms with Crippen molar-refractivity contribution in [1.82, 2.24) is 0 Å². The molecule has 0 amide bonds. The molecule has 0 spiro atoms. The van der Waals surface area contributed by atoms with Crippen molar-refractivity contribution in [2.45, 2.75) is 19.4 Å². The average molecular weight is 203 g/mol. The van der Waals surface area contributed by atoms with Crippen LogP contribution in [-0.4, -0.2) is 16.5 Å². The number of aliphatic hydroxyl groups is 1. The van der Waals surface area contributed by atoms with Gasteiger partial charge in [-0.15, -0.1) is 0 Å². The third-order valence-corrected chi connectivity index (χ3v) is 1.69. The molecule has 1 aromatic carbocycles. The van der Waals surface area contributed by atoms with Gasteiger partial charge in [-0.2, -0.15) is 0 Å². The van der Waals surface area contributed by atoms with Crippen LogP contribution < -0.4 is 5.73 Å². The van der Waals surface area contributed by atoms with E-state index in [1.807, 2.05) is 0 Å². The molecule has 0 aliphatic carbocycles. The molecule has 0 aliphatic heterocycles. The minimum absolute atomic E-state index is 0.370. The molecule has 0 unspecified atom stereocenters. The highest BCUT2D eigenvalue weighted by atomic mass is 16.3. The maximum absolute atomic E-state index is 11.5. The summed E-state index contributed by atoms with van der Waals surface area (Å²) in [4.78, 5) is 11.5. The lowest BCUT2D eigenvalue weighted by molar-refractivity contribution is 0.105. The molecule has 0 atom stereocenters. The first kappa shape index (κ1) is 11.3. The second-order valence-electron chi connectivity index (χ2n) is 3.73. The smallest absolute Gasteiger partial charge is 0.238 e. The van der Waals surface area contributed by atoms with E-state index in [-0.39, 0.29) is 5.78 Å². The number of para-hydroxylation sites is 1. The third kappa shape index (κ3) is 3.45. The quantitative estimate of drug-likeness (QED) is 0.312. The number of hydrogen-bond acceptors (Lipinski definition) is 3. The average Bonchev–Trinajstić information content (AvgIpc) is 2.14. The highest BCUT2D eigenvalue weighted by Crippen LogP contribution is 2.10. The van der Waals surface area contributed by atoms with Gasteiger partial charge in [-0.3, -0.25) is 4.79 Å². The van der Waals surface area contributed by atoms with E-state index in [0.29, 0.717) is 11.3 Å². The summed E-state index contributed by atoms with van der Waals surface area (Å²) in [5.74, 6) is 4.43. The summed E-state index contributed by atoms with van der Waals surface area (Å²) in [6.07, 6.45) is 0. The minimum atomic E-state index is -1.17. The van der Waals surface area contributed by atoms with Crippen LogP contribution in [-0.2, 0) is 0 Å². The fraction of sp³-hybridized carbons (Fsp3) is 0.250. The zero-order chi connectivity index (χ0) is 11.5. The van der Waals surface area contributed by atoms with Crippen molar-refractivity contribution < 1.29 is 9.90 Å². The van der Waals surface area contributed by atoms with Crippen LogP contribution in [0.25, 0.3) is 0 Å². The monoisotopic (exact) mass is 203 g/mol. The molecule has 1 aromatic rings. The summed E-state index contributed by atoms with van der Waals surface area (Å²) in [6, 6.07) is 6.71. The van der Waals surface area contributed by atoms with Crippen molar-refractivity contribution in [1.29, 1.82) is 0 Å². The fourth-order valence-electron chi connectivity index (χ4n) is 0.981. The van der Waals surface area contributed by atoms with E-state index in [0.717, 1.165) is 0 Å². The fourth-order valence-corrected chi connectivity index (χ4v) is 0.981. The van der Waals surface area contributed by atoms with Crippen molar-refractivity contribution in [3.05, 3.63) is 29.8 Å². The standard InChI is InChI=1S/C12H13NO2/c1-12(2,15)8-7-11(14)9-5-3-4-6-10(9)13/h3-6,15H,13H2,1-2H3. The number of rotatable bonds is 1. The van der Waals surface area contributed by atoms with Crippen LogP contribution in [0.15, 0.2) is 24.3 Å². The molecule has 0 radical (unpaired) electrons. The van der Waals surface area contributed by atoms with Gasteiger partial charge in [-0.25, -0.2) is 0 Å². The van der Waals surface area contributed by atoms with Crippen molar-refractivity contribution in [3.8, 4) is 11.8 Å². The Morgan fingerprint density at radius 1 is 1.40 bits per heavy atom. The SMILES string of the molecule is CC(C)(O)C#CC(=O)c1ccccc1N. The molecule has 3 heteroatoms. The van der Waals surface area contributed by atoms with Gasteiger partial charge >= 0.3 is 0 Å². The number of nitrogen functional groups attached to an aromatic ring is 1. The van der Waals surface area contributed by atoms with E-state index >= 15 is 0 Å². The van der Waals surface area contributed by atoms with Crippen LogP contribution in [0.5, 0.6) is 0 Å². The van der Waals surface area contributed by atoms with E-state index in [1.165, 1.54) is 13.8 Å². The molecule has 3 nitrogen and oxygen atoms in total. The van der Waals surface area contributed by atoms with E-state index in [2.05, 4.69) is 11.8 Å². The maximum atomic E-state index is 11.5. The first-order valence-corrected chi connectivity index (χ1v) is 4.54. The number of nitrogens with two attached hydrogens (primary N) is 1. The third-order valence-electron chi connectivity index (χ3n) is 1.69. The highest BCUT2D eigenvalue weighted by molar-refractivity contribution is 6.12. The van der Waals surface area contributed by atoms with Crippen molar-refractivity contribution in [2.75, 3.05) is 5.73 Å². The first-order valence-electron chi connectivity index (χ1n) is 4.54. The summed E-state index contributed by atoms with van der Waals surface area (Å²) < 4.78 is 0. The van der Waals surface area contributed by atoms with Gasteiger partial charge < -0.3 is 10.8 Å². The Morgan fingerprint density at radius 3 is 2.53 bits per heavy atom. The molecule has 0 aliphatic rings. The lowest BCUT2D eigenvalue weighted by Crippen LogP contribution is -2.15. The molecule has 3 N–H and O–H groups in total. The van der Waals surface area contributed by atoms with Crippen LogP contribution in [0.1, 0.15) is 24.2 Å². The summed E-state index contributed by atoms with van der Waals surface area (Å²) in [5.41, 5.74) is 5.21. The van der Waals surface area contributed by atoms with Crippen LogP contribution in [0, 0.1) is 11.8 Å². The normalized spacial score (nSPS) is 10.3. The Bertz CT molecular complexity index is 433. The first-order chi connectivity index (χ1) is 6.90. The Kier molecular flexibility index (Phi) is 3.13. The van der Waals surface area contributed by atoms with Crippen LogP contribution in [0.3, 0.4) is 0 Å². The Morgan fingerprint density at radius 2 is 2.00 bits per heavy atom. The Labute approximate surface area is 88.9 Å². The summed E-state index contributed by atoms with van der Waals surface area (Å²) in [6.45, 7) is 3.03. The van der Waals surface area contributed by atoms with Gasteiger partial charge in [0, 0.05) is 5.69 Å². The lowest BCUT2D eigenvalue weighted by atomic mass is 10.1. The molecule has 0 saturated heterocycles. The van der Waals surface area contributed by atoms with Gasteiger partial charge in [0.05, 0.1) is 5.56 Å². The number of benzene rings is 1. The maximum Gasteiger partial charge on any atom is 0.238 e. The molecular weight excluding hydrogens is 190 g/mol. The minimum Gasteiger partial charge on any atom is -0.398 e. The highest BCUT2D eigenvalue weighted by Gasteiger charge is 2.09. The van der Waals surface area contributed by atoms with Gasteiger partial charge in [-0.05, 0) is 31.9 Å². The number of anilines is 1. The lowest BCUT2D eigenvalue weighted by Gasteiger charge is -2.05. The van der Waals surface area contributed by atoms with E-state index in [4.69, 9.17) is 5.73 Å². The van der Waals surface area contributed by atoms with Crippen molar-refractivity contribution in [3.63, 3.8) is 0 Å². The Hall–Kier alpha value is -1.79. The zero-order valence-corrected chi connectivity index (χ0v) is 8.74. The van der Waals surface area contributed by atoms with Gasteiger partial charge in [-0.1, -0.05) is 18.1 Å². The molecular formula is C12H13NO2. The number of hydrogen-bond donors (Lipinski definition) is 2. The predicted octanol–water partition coefficient (Wildman–Crippen LogP) is 1.23. The van der Waals surface area contributed by atoms with Gasteiger partial charge in [0.2, 0.25) is 5.78 Å². The van der Waals surface area contributed by atoms with Crippen LogP contribution >= 0.6 is 0 Å². The van der Waals surface area contributed by atoms with E-state index in [1.54, 1.807) is 24.3 Å². The molecule has 15 heavy (non-hydrogen) atoms. The van der Waals surface area contributed by atoms with Gasteiger partial charge in [0.25, 0.3) is 0 Å². The predicted molar refractivity (Wildman–Crippen MR) is 59.3 cm³/mol. The van der Waals surface area contributed by atoms with Crippen LogP contribution in [0.4, 0.5) is 5.69 Å². The molecule has 1 rings (SSSR count). The molecule has 0 bridgehead atoms. The topological polar surface area (TPSA) is 63.3 Å². The van der Waals surface area contributed by atoms with E-state index in [9.17, 15) is 9.90 Å².